The Morgan fingerprint density at radius 1 is 1.11 bits per heavy atom. The van der Waals surface area contributed by atoms with Crippen molar-refractivity contribution in [2.45, 2.75) is 0 Å². The summed E-state index contributed by atoms with van der Waals surface area (Å²) < 4.78 is 0. The Morgan fingerprint density at radius 2 is 1.61 bits per heavy atom. The van der Waals surface area contributed by atoms with E-state index in [1.165, 1.54) is 29.2 Å². The van der Waals surface area contributed by atoms with E-state index in [4.69, 9.17) is 10.8 Å². The quantitative estimate of drug-likeness (QED) is 0.782. The van der Waals surface area contributed by atoms with Crippen molar-refractivity contribution in [3.63, 3.8) is 0 Å². The maximum Gasteiger partial charge on any atom is 0.310 e. The molecule has 18 heavy (non-hydrogen) atoms. The van der Waals surface area contributed by atoms with Crippen molar-refractivity contribution in [3.8, 4) is 0 Å². The summed E-state index contributed by atoms with van der Waals surface area (Å²) in [5.74, 6) is -2.14. The van der Waals surface area contributed by atoms with E-state index in [1.807, 2.05) is 0 Å². The molecule has 1 aromatic carbocycles. The number of nitrogens with zero attached hydrogens (tertiary/aromatic N) is 1. The minimum absolute atomic E-state index is 0.228. The molecule has 0 aliphatic carbocycles. The van der Waals surface area contributed by atoms with Crippen LogP contribution in [0.4, 0.5) is 0 Å². The van der Waals surface area contributed by atoms with Crippen LogP contribution in [-0.2, 0) is 4.79 Å². The topological polar surface area (TPSA) is 101 Å². The van der Waals surface area contributed by atoms with Gasteiger partial charge in [-0.2, -0.15) is 0 Å². The fraction of sp³-hybridized carbons (Fsp3) is 0.250. The Morgan fingerprint density at radius 3 is 2.06 bits per heavy atom. The highest BCUT2D eigenvalue weighted by Gasteiger charge is 2.35. The van der Waals surface area contributed by atoms with Crippen LogP contribution in [0.5, 0.6) is 0 Å². The van der Waals surface area contributed by atoms with Crippen molar-refractivity contribution < 1.29 is 19.5 Å². The summed E-state index contributed by atoms with van der Waals surface area (Å²) in [5, 5.41) is 8.71. The van der Waals surface area contributed by atoms with Crippen molar-refractivity contribution in [2.75, 3.05) is 13.1 Å². The molecule has 6 heteroatoms. The second-order valence-electron chi connectivity index (χ2n) is 4.19. The summed E-state index contributed by atoms with van der Waals surface area (Å²) in [5.41, 5.74) is 5.84. The zero-order chi connectivity index (χ0) is 13.3. The third-order valence-corrected chi connectivity index (χ3v) is 2.93. The van der Waals surface area contributed by atoms with Gasteiger partial charge in [-0.1, -0.05) is 0 Å². The number of carbonyl (C=O) groups excluding carboxylic acids is 2. The van der Waals surface area contributed by atoms with Gasteiger partial charge in [-0.3, -0.25) is 14.4 Å². The van der Waals surface area contributed by atoms with Crippen molar-refractivity contribution >= 4 is 17.8 Å². The molecule has 1 heterocycles. The molecule has 2 amide bonds. The molecule has 3 N–H and O–H groups in total. The summed E-state index contributed by atoms with van der Waals surface area (Å²) >= 11 is 0. The number of hydrogen-bond donors (Lipinski definition) is 2. The average Bonchev–Trinajstić information content (AvgIpc) is 2.26. The predicted octanol–water partition coefficient (Wildman–Crippen LogP) is -0.0579. The van der Waals surface area contributed by atoms with E-state index in [-0.39, 0.29) is 19.0 Å². The number of carbonyl (C=O) groups is 3. The Labute approximate surface area is 103 Å². The Hall–Kier alpha value is -2.37. The van der Waals surface area contributed by atoms with Gasteiger partial charge < -0.3 is 15.7 Å². The lowest BCUT2D eigenvalue weighted by Gasteiger charge is -2.36. The van der Waals surface area contributed by atoms with Crippen LogP contribution in [0.1, 0.15) is 20.7 Å². The van der Waals surface area contributed by atoms with Crippen LogP contribution in [0.15, 0.2) is 24.3 Å². The zero-order valence-electron chi connectivity index (χ0n) is 9.50. The van der Waals surface area contributed by atoms with E-state index in [2.05, 4.69) is 0 Å². The van der Waals surface area contributed by atoms with E-state index >= 15 is 0 Å². The number of carboxylic acids is 1. The Kier molecular flexibility index (Phi) is 3.01. The van der Waals surface area contributed by atoms with Gasteiger partial charge in [0.15, 0.2) is 0 Å². The standard InChI is InChI=1S/C12H12N2O4/c13-10(15)7-1-3-8(4-2-7)11(16)14-5-9(6-14)12(17)18/h1-4,9H,5-6H2,(H2,13,15)(H,17,18). The lowest BCUT2D eigenvalue weighted by Crippen LogP contribution is -2.53. The molecular formula is C12H12N2O4. The first-order valence-electron chi connectivity index (χ1n) is 5.41. The molecule has 0 atom stereocenters. The molecule has 1 aromatic rings. The molecule has 1 fully saturated rings. The van der Waals surface area contributed by atoms with E-state index in [9.17, 15) is 14.4 Å². The van der Waals surface area contributed by atoms with Gasteiger partial charge in [-0.15, -0.1) is 0 Å². The van der Waals surface area contributed by atoms with Crippen LogP contribution in [-0.4, -0.2) is 40.9 Å². The third kappa shape index (κ3) is 2.17. The highest BCUT2D eigenvalue weighted by molar-refractivity contribution is 5.98. The van der Waals surface area contributed by atoms with E-state index in [0.717, 1.165) is 0 Å². The van der Waals surface area contributed by atoms with Crippen molar-refractivity contribution in [1.29, 1.82) is 0 Å². The highest BCUT2D eigenvalue weighted by atomic mass is 16.4. The first-order chi connectivity index (χ1) is 8.49. The van der Waals surface area contributed by atoms with Gasteiger partial charge in [-0.25, -0.2) is 0 Å². The fourth-order valence-electron chi connectivity index (χ4n) is 1.76. The minimum Gasteiger partial charge on any atom is -0.481 e. The molecule has 0 bridgehead atoms. The van der Waals surface area contributed by atoms with Gasteiger partial charge in [0, 0.05) is 24.2 Å². The number of likely N-dealkylation sites (tertiary alicyclic amines) is 1. The van der Waals surface area contributed by atoms with Crippen LogP contribution < -0.4 is 5.73 Å². The van der Waals surface area contributed by atoms with Crippen LogP contribution in [0.2, 0.25) is 0 Å². The molecule has 0 unspecified atom stereocenters. The Balaban J connectivity index is 2.02. The number of aliphatic carboxylic acids is 1. The molecule has 0 saturated carbocycles. The number of hydrogen-bond acceptors (Lipinski definition) is 3. The number of carboxylic acid groups (broad SMARTS) is 1. The van der Waals surface area contributed by atoms with Crippen LogP contribution in [0.25, 0.3) is 0 Å². The van der Waals surface area contributed by atoms with Gasteiger partial charge in [0.2, 0.25) is 5.91 Å². The summed E-state index contributed by atoms with van der Waals surface area (Å²) in [6.45, 7) is 0.456. The summed E-state index contributed by atoms with van der Waals surface area (Å²) in [6.07, 6.45) is 0. The van der Waals surface area contributed by atoms with Crippen LogP contribution >= 0.6 is 0 Å². The van der Waals surface area contributed by atoms with Gasteiger partial charge in [0.1, 0.15) is 0 Å². The lowest BCUT2D eigenvalue weighted by molar-refractivity contribution is -0.146. The smallest absolute Gasteiger partial charge is 0.310 e. The minimum atomic E-state index is -0.886. The molecule has 1 saturated heterocycles. The normalized spacial score (nSPS) is 15.0. The zero-order valence-corrected chi connectivity index (χ0v) is 9.50. The van der Waals surface area contributed by atoms with Gasteiger partial charge in [0.25, 0.3) is 5.91 Å². The van der Waals surface area contributed by atoms with Crippen LogP contribution in [0, 0.1) is 5.92 Å². The van der Waals surface area contributed by atoms with Crippen LogP contribution in [0.3, 0.4) is 0 Å². The fourth-order valence-corrected chi connectivity index (χ4v) is 1.76. The summed E-state index contributed by atoms with van der Waals surface area (Å²) in [7, 11) is 0. The molecule has 0 aromatic heterocycles. The van der Waals surface area contributed by atoms with E-state index in [1.54, 1.807) is 0 Å². The largest absolute Gasteiger partial charge is 0.481 e. The summed E-state index contributed by atoms with van der Waals surface area (Å²) in [4.78, 5) is 34.8. The molecule has 94 valence electrons. The predicted molar refractivity (Wildman–Crippen MR) is 62.0 cm³/mol. The number of benzene rings is 1. The maximum atomic E-state index is 11.9. The number of amides is 2. The highest BCUT2D eigenvalue weighted by Crippen LogP contribution is 2.19. The van der Waals surface area contributed by atoms with Crippen molar-refractivity contribution in [2.24, 2.45) is 11.7 Å². The van der Waals surface area contributed by atoms with Crippen molar-refractivity contribution in [1.82, 2.24) is 4.90 Å². The number of primary amides is 1. The first kappa shape index (κ1) is 12.1. The van der Waals surface area contributed by atoms with E-state index < -0.39 is 17.8 Å². The molecule has 1 aliphatic heterocycles. The van der Waals surface area contributed by atoms with Gasteiger partial charge >= 0.3 is 5.97 Å². The molecule has 1 aliphatic rings. The maximum absolute atomic E-state index is 11.9. The molecule has 2 rings (SSSR count). The number of nitrogens with two attached hydrogens (primary N) is 1. The van der Waals surface area contributed by atoms with Gasteiger partial charge in [-0.05, 0) is 24.3 Å². The summed E-state index contributed by atoms with van der Waals surface area (Å²) in [6, 6.07) is 5.97. The Bertz CT molecular complexity index is 503. The third-order valence-electron chi connectivity index (χ3n) is 2.93. The first-order valence-corrected chi connectivity index (χ1v) is 5.41. The van der Waals surface area contributed by atoms with Crippen molar-refractivity contribution in [3.05, 3.63) is 35.4 Å². The second kappa shape index (κ2) is 4.48. The number of rotatable bonds is 3. The average molecular weight is 248 g/mol. The molecular weight excluding hydrogens is 236 g/mol. The molecule has 0 radical (unpaired) electrons. The lowest BCUT2D eigenvalue weighted by atomic mass is 9.99. The second-order valence-corrected chi connectivity index (χ2v) is 4.19. The van der Waals surface area contributed by atoms with Gasteiger partial charge in [0.05, 0.1) is 5.92 Å². The SMILES string of the molecule is NC(=O)c1ccc(C(=O)N2CC(C(=O)O)C2)cc1. The molecule has 6 nitrogen and oxygen atoms in total. The van der Waals surface area contributed by atoms with E-state index in [0.29, 0.717) is 11.1 Å². The molecule has 0 spiro atoms. The monoisotopic (exact) mass is 248 g/mol.